The Labute approximate surface area is 131 Å². The molecule has 22 heavy (non-hydrogen) atoms. The Morgan fingerprint density at radius 2 is 1.68 bits per heavy atom. The Morgan fingerprint density at radius 1 is 0.955 bits per heavy atom. The SMILES string of the molecule is O=C1Nc2ccccc2C2CN(CCc3ccccc3)CC12. The van der Waals surface area contributed by atoms with Crippen LogP contribution in [0.1, 0.15) is 17.0 Å². The van der Waals surface area contributed by atoms with Crippen molar-refractivity contribution in [3.05, 3.63) is 65.7 Å². The molecule has 2 aromatic rings. The Bertz CT molecular complexity index is 683. The number of benzene rings is 2. The first-order valence-corrected chi connectivity index (χ1v) is 7.97. The lowest BCUT2D eigenvalue weighted by atomic mass is 9.84. The van der Waals surface area contributed by atoms with Crippen molar-refractivity contribution in [2.24, 2.45) is 5.92 Å². The summed E-state index contributed by atoms with van der Waals surface area (Å²) >= 11 is 0. The van der Waals surface area contributed by atoms with Crippen LogP contribution < -0.4 is 5.32 Å². The molecule has 2 aliphatic rings. The van der Waals surface area contributed by atoms with Gasteiger partial charge in [-0.1, -0.05) is 48.5 Å². The highest BCUT2D eigenvalue weighted by Crippen LogP contribution is 2.40. The molecule has 0 spiro atoms. The van der Waals surface area contributed by atoms with Crippen LogP contribution in [0.2, 0.25) is 0 Å². The van der Waals surface area contributed by atoms with Crippen molar-refractivity contribution in [1.29, 1.82) is 0 Å². The maximum absolute atomic E-state index is 12.3. The third kappa shape index (κ3) is 2.42. The molecule has 0 bridgehead atoms. The standard InChI is InChI=1S/C19H20N2O/c22-19-17-13-21(11-10-14-6-2-1-3-7-14)12-16(17)15-8-4-5-9-18(15)20-19/h1-9,16-17H,10-13H2,(H,20,22). The van der Waals surface area contributed by atoms with E-state index in [-0.39, 0.29) is 11.8 Å². The zero-order valence-electron chi connectivity index (χ0n) is 12.5. The molecule has 1 fully saturated rings. The maximum atomic E-state index is 12.3. The number of para-hydroxylation sites is 1. The number of hydrogen-bond donors (Lipinski definition) is 1. The van der Waals surface area contributed by atoms with Gasteiger partial charge in [0.1, 0.15) is 0 Å². The van der Waals surface area contributed by atoms with Crippen molar-refractivity contribution in [3.63, 3.8) is 0 Å². The molecule has 0 radical (unpaired) electrons. The van der Waals surface area contributed by atoms with E-state index in [4.69, 9.17) is 0 Å². The van der Waals surface area contributed by atoms with Gasteiger partial charge in [0.15, 0.2) is 0 Å². The lowest BCUT2D eigenvalue weighted by molar-refractivity contribution is -0.120. The van der Waals surface area contributed by atoms with Gasteiger partial charge in [0.25, 0.3) is 0 Å². The minimum Gasteiger partial charge on any atom is -0.326 e. The minimum absolute atomic E-state index is 0.102. The van der Waals surface area contributed by atoms with Gasteiger partial charge >= 0.3 is 0 Å². The predicted octanol–water partition coefficient (Wildman–Crippen LogP) is 2.90. The second-order valence-corrected chi connectivity index (χ2v) is 6.28. The molecule has 0 aliphatic carbocycles. The fourth-order valence-corrected chi connectivity index (χ4v) is 3.74. The predicted molar refractivity (Wildman–Crippen MR) is 87.9 cm³/mol. The van der Waals surface area contributed by atoms with Crippen LogP contribution in [0.25, 0.3) is 0 Å². The molecule has 0 aromatic heterocycles. The maximum Gasteiger partial charge on any atom is 0.229 e. The molecule has 2 atom stereocenters. The Balaban J connectivity index is 1.48. The van der Waals surface area contributed by atoms with Gasteiger partial charge in [-0.25, -0.2) is 0 Å². The van der Waals surface area contributed by atoms with Gasteiger partial charge in [-0.3, -0.25) is 4.79 Å². The molecule has 2 heterocycles. The molecule has 112 valence electrons. The lowest BCUT2D eigenvalue weighted by Crippen LogP contribution is -2.33. The fourth-order valence-electron chi connectivity index (χ4n) is 3.74. The summed E-state index contributed by atoms with van der Waals surface area (Å²) < 4.78 is 0. The monoisotopic (exact) mass is 292 g/mol. The molecular weight excluding hydrogens is 272 g/mol. The topological polar surface area (TPSA) is 32.3 Å². The van der Waals surface area contributed by atoms with E-state index in [1.165, 1.54) is 11.1 Å². The third-order valence-corrected chi connectivity index (χ3v) is 4.91. The van der Waals surface area contributed by atoms with Crippen LogP contribution in [0.5, 0.6) is 0 Å². The zero-order chi connectivity index (χ0) is 14.9. The molecule has 0 saturated carbocycles. The first kappa shape index (κ1) is 13.5. The normalized spacial score (nSPS) is 23.7. The highest BCUT2D eigenvalue weighted by atomic mass is 16.2. The Kier molecular flexibility index (Phi) is 3.43. The van der Waals surface area contributed by atoms with Crippen molar-refractivity contribution < 1.29 is 4.79 Å². The quantitative estimate of drug-likeness (QED) is 0.943. The van der Waals surface area contributed by atoms with E-state index in [1.807, 2.05) is 12.1 Å². The van der Waals surface area contributed by atoms with Crippen LogP contribution >= 0.6 is 0 Å². The minimum atomic E-state index is 0.102. The number of likely N-dealkylation sites (tertiary alicyclic amines) is 1. The van der Waals surface area contributed by atoms with Crippen molar-refractivity contribution in [2.45, 2.75) is 12.3 Å². The molecule has 1 saturated heterocycles. The first-order chi connectivity index (χ1) is 10.8. The van der Waals surface area contributed by atoms with Crippen LogP contribution in [-0.4, -0.2) is 30.4 Å². The van der Waals surface area contributed by atoms with Crippen LogP contribution in [0, 0.1) is 5.92 Å². The van der Waals surface area contributed by atoms with Crippen molar-refractivity contribution in [2.75, 3.05) is 25.0 Å². The first-order valence-electron chi connectivity index (χ1n) is 7.97. The van der Waals surface area contributed by atoms with Crippen molar-refractivity contribution in [1.82, 2.24) is 4.90 Å². The van der Waals surface area contributed by atoms with Gasteiger partial charge in [0.2, 0.25) is 5.91 Å². The molecule has 2 aliphatic heterocycles. The fraction of sp³-hybridized carbons (Fsp3) is 0.316. The number of rotatable bonds is 3. The lowest BCUT2D eigenvalue weighted by Gasteiger charge is -2.26. The van der Waals surface area contributed by atoms with E-state index >= 15 is 0 Å². The molecule has 2 aromatic carbocycles. The highest BCUT2D eigenvalue weighted by molar-refractivity contribution is 5.97. The number of anilines is 1. The number of hydrogen-bond acceptors (Lipinski definition) is 2. The van der Waals surface area contributed by atoms with E-state index in [0.29, 0.717) is 5.92 Å². The summed E-state index contributed by atoms with van der Waals surface area (Å²) in [6.07, 6.45) is 1.05. The molecule has 4 rings (SSSR count). The van der Waals surface area contributed by atoms with E-state index < -0.39 is 0 Å². The number of fused-ring (bicyclic) bond motifs is 3. The smallest absolute Gasteiger partial charge is 0.229 e. The van der Waals surface area contributed by atoms with E-state index in [0.717, 1.165) is 31.7 Å². The average Bonchev–Trinajstić information content (AvgIpc) is 2.99. The molecule has 2 unspecified atom stereocenters. The van der Waals surface area contributed by atoms with E-state index in [9.17, 15) is 4.79 Å². The van der Waals surface area contributed by atoms with Crippen LogP contribution in [-0.2, 0) is 11.2 Å². The van der Waals surface area contributed by atoms with Crippen molar-refractivity contribution >= 4 is 11.6 Å². The third-order valence-electron chi connectivity index (χ3n) is 4.91. The van der Waals surface area contributed by atoms with Gasteiger partial charge in [0, 0.05) is 31.2 Å². The van der Waals surface area contributed by atoms with Gasteiger partial charge in [-0.05, 0) is 23.6 Å². The molecular formula is C19H20N2O. The van der Waals surface area contributed by atoms with Gasteiger partial charge < -0.3 is 10.2 Å². The van der Waals surface area contributed by atoms with E-state index in [1.54, 1.807) is 0 Å². The summed E-state index contributed by atoms with van der Waals surface area (Å²) in [5.41, 5.74) is 3.66. The van der Waals surface area contributed by atoms with Crippen LogP contribution in [0.15, 0.2) is 54.6 Å². The number of carbonyl (C=O) groups is 1. The molecule has 3 nitrogen and oxygen atoms in total. The highest BCUT2D eigenvalue weighted by Gasteiger charge is 2.42. The summed E-state index contributed by atoms with van der Waals surface area (Å²) in [6, 6.07) is 18.8. The summed E-state index contributed by atoms with van der Waals surface area (Å²) in [6.45, 7) is 2.88. The number of carbonyl (C=O) groups excluding carboxylic acids is 1. The number of nitrogens with zero attached hydrogens (tertiary/aromatic N) is 1. The summed E-state index contributed by atoms with van der Waals surface area (Å²) in [4.78, 5) is 14.8. The summed E-state index contributed by atoms with van der Waals surface area (Å²) in [5, 5.41) is 3.06. The molecule has 1 amide bonds. The Morgan fingerprint density at radius 3 is 2.55 bits per heavy atom. The molecule has 3 heteroatoms. The van der Waals surface area contributed by atoms with Gasteiger partial charge in [0.05, 0.1) is 5.92 Å². The molecule has 1 N–H and O–H groups in total. The Hall–Kier alpha value is -2.13. The van der Waals surface area contributed by atoms with Gasteiger partial charge in [-0.2, -0.15) is 0 Å². The number of amides is 1. The van der Waals surface area contributed by atoms with Crippen LogP contribution in [0.3, 0.4) is 0 Å². The summed E-state index contributed by atoms with van der Waals surface area (Å²) in [7, 11) is 0. The average molecular weight is 292 g/mol. The summed E-state index contributed by atoms with van der Waals surface area (Å²) in [5.74, 6) is 0.636. The van der Waals surface area contributed by atoms with Crippen molar-refractivity contribution in [3.8, 4) is 0 Å². The second kappa shape index (κ2) is 5.58. The van der Waals surface area contributed by atoms with E-state index in [2.05, 4.69) is 52.7 Å². The second-order valence-electron chi connectivity index (χ2n) is 6.28. The zero-order valence-corrected chi connectivity index (χ0v) is 12.5. The van der Waals surface area contributed by atoms with Crippen LogP contribution in [0.4, 0.5) is 5.69 Å². The van der Waals surface area contributed by atoms with Gasteiger partial charge in [-0.15, -0.1) is 0 Å². The number of nitrogens with one attached hydrogen (secondary N) is 1. The largest absolute Gasteiger partial charge is 0.326 e.